The Morgan fingerprint density at radius 1 is 1.25 bits per heavy atom. The monoisotopic (exact) mass is 219 g/mol. The van der Waals surface area contributed by atoms with Crippen LogP contribution in [0.25, 0.3) is 6.08 Å². The lowest BCUT2D eigenvalue weighted by Gasteiger charge is -2.21. The molecule has 86 valence electrons. The lowest BCUT2D eigenvalue weighted by molar-refractivity contribution is -0.134. The molecule has 0 aliphatic rings. The van der Waals surface area contributed by atoms with E-state index in [0.717, 1.165) is 5.56 Å². The van der Waals surface area contributed by atoms with Gasteiger partial charge in [-0.25, -0.2) is 4.79 Å². The molecule has 0 radical (unpaired) electrons. The van der Waals surface area contributed by atoms with E-state index >= 15 is 0 Å². The van der Waals surface area contributed by atoms with Gasteiger partial charge in [-0.2, -0.15) is 0 Å². The van der Waals surface area contributed by atoms with Crippen LogP contribution in [0.5, 0.6) is 0 Å². The van der Waals surface area contributed by atoms with Gasteiger partial charge < -0.3 is 10.0 Å². The Morgan fingerprint density at radius 2 is 1.81 bits per heavy atom. The summed E-state index contributed by atoms with van der Waals surface area (Å²) < 4.78 is 0. The number of likely N-dealkylation sites (N-methyl/N-ethyl adjacent to an activating group) is 1. The van der Waals surface area contributed by atoms with Crippen LogP contribution in [-0.2, 0) is 4.79 Å². The Bertz CT molecular complexity index is 367. The van der Waals surface area contributed by atoms with Crippen LogP contribution in [0.3, 0.4) is 0 Å². The zero-order valence-electron chi connectivity index (χ0n) is 9.68. The van der Waals surface area contributed by atoms with Crippen LogP contribution in [0, 0.1) is 0 Å². The minimum Gasteiger partial charge on any atom is -0.477 e. The van der Waals surface area contributed by atoms with E-state index in [9.17, 15) is 4.79 Å². The summed E-state index contributed by atoms with van der Waals surface area (Å²) in [5.74, 6) is -0.882. The first-order valence-electron chi connectivity index (χ1n) is 5.44. The second-order valence-corrected chi connectivity index (χ2v) is 3.42. The maximum absolute atomic E-state index is 11.2. The van der Waals surface area contributed by atoms with E-state index in [1.165, 1.54) is 0 Å². The minimum absolute atomic E-state index is 0.344. The summed E-state index contributed by atoms with van der Waals surface area (Å²) in [6, 6.07) is 9.50. The van der Waals surface area contributed by atoms with Crippen molar-refractivity contribution in [1.29, 1.82) is 0 Å². The summed E-state index contributed by atoms with van der Waals surface area (Å²) in [7, 11) is 0. The van der Waals surface area contributed by atoms with Crippen molar-refractivity contribution in [2.24, 2.45) is 0 Å². The molecular weight excluding hydrogens is 202 g/mol. The summed E-state index contributed by atoms with van der Waals surface area (Å²) >= 11 is 0. The zero-order chi connectivity index (χ0) is 12.0. The number of carboxylic acids is 1. The van der Waals surface area contributed by atoms with E-state index in [-0.39, 0.29) is 0 Å². The number of hydrogen-bond acceptors (Lipinski definition) is 2. The Morgan fingerprint density at radius 3 is 2.25 bits per heavy atom. The quantitative estimate of drug-likeness (QED) is 0.773. The molecule has 0 saturated carbocycles. The molecule has 16 heavy (non-hydrogen) atoms. The summed E-state index contributed by atoms with van der Waals surface area (Å²) in [5, 5.41) is 9.16. The van der Waals surface area contributed by atoms with Gasteiger partial charge in [-0.3, -0.25) is 0 Å². The molecular formula is C13H17NO2. The van der Waals surface area contributed by atoms with Gasteiger partial charge >= 0.3 is 5.97 Å². The van der Waals surface area contributed by atoms with Crippen molar-refractivity contribution in [2.45, 2.75) is 13.8 Å². The number of carboxylic acid groups (broad SMARTS) is 1. The molecule has 0 aromatic heterocycles. The van der Waals surface area contributed by atoms with E-state index in [4.69, 9.17) is 5.11 Å². The number of rotatable bonds is 5. The topological polar surface area (TPSA) is 40.5 Å². The normalized spacial score (nSPS) is 11.2. The summed E-state index contributed by atoms with van der Waals surface area (Å²) in [5.41, 5.74) is 1.25. The van der Waals surface area contributed by atoms with Crippen LogP contribution in [0.4, 0.5) is 0 Å². The van der Waals surface area contributed by atoms with Crippen molar-refractivity contribution >= 4 is 12.0 Å². The molecule has 3 heteroatoms. The molecule has 1 N–H and O–H groups in total. The molecule has 1 rings (SSSR count). The Kier molecular flexibility index (Phi) is 4.58. The molecule has 0 spiro atoms. The van der Waals surface area contributed by atoms with Crippen molar-refractivity contribution in [3.63, 3.8) is 0 Å². The SMILES string of the molecule is CCN(CC)C(=Cc1ccccc1)C(=O)O. The van der Waals surface area contributed by atoms with Gasteiger partial charge in [0.05, 0.1) is 0 Å². The van der Waals surface area contributed by atoms with Crippen molar-refractivity contribution in [3.05, 3.63) is 41.6 Å². The predicted molar refractivity (Wildman–Crippen MR) is 65.0 cm³/mol. The zero-order valence-corrected chi connectivity index (χ0v) is 9.68. The third-order valence-corrected chi connectivity index (χ3v) is 2.43. The van der Waals surface area contributed by atoms with Gasteiger partial charge in [0.25, 0.3) is 0 Å². The second-order valence-electron chi connectivity index (χ2n) is 3.42. The molecule has 0 saturated heterocycles. The number of nitrogens with zero attached hydrogens (tertiary/aromatic N) is 1. The fourth-order valence-corrected chi connectivity index (χ4v) is 1.56. The lowest BCUT2D eigenvalue weighted by Crippen LogP contribution is -2.26. The van der Waals surface area contributed by atoms with Gasteiger partial charge in [0.2, 0.25) is 0 Å². The number of benzene rings is 1. The van der Waals surface area contributed by atoms with E-state index in [2.05, 4.69) is 0 Å². The first kappa shape index (κ1) is 12.3. The Labute approximate surface area is 96.0 Å². The Hall–Kier alpha value is -1.77. The highest BCUT2D eigenvalue weighted by molar-refractivity contribution is 5.91. The maximum atomic E-state index is 11.2. The lowest BCUT2D eigenvalue weighted by atomic mass is 10.2. The number of aliphatic carboxylic acids is 1. The molecule has 0 bridgehead atoms. The third-order valence-electron chi connectivity index (χ3n) is 2.43. The predicted octanol–water partition coefficient (Wildman–Crippen LogP) is 2.45. The van der Waals surface area contributed by atoms with Gasteiger partial charge in [0.1, 0.15) is 5.70 Å². The van der Waals surface area contributed by atoms with Gasteiger partial charge in [0, 0.05) is 13.1 Å². The molecule has 0 heterocycles. The molecule has 0 aliphatic heterocycles. The Balaban J connectivity index is 3.02. The molecule has 3 nitrogen and oxygen atoms in total. The maximum Gasteiger partial charge on any atom is 0.352 e. The highest BCUT2D eigenvalue weighted by Crippen LogP contribution is 2.11. The van der Waals surface area contributed by atoms with Crippen LogP contribution in [0.15, 0.2) is 36.0 Å². The van der Waals surface area contributed by atoms with E-state index in [0.29, 0.717) is 18.8 Å². The van der Waals surface area contributed by atoms with Crippen molar-refractivity contribution < 1.29 is 9.90 Å². The van der Waals surface area contributed by atoms with Gasteiger partial charge in [-0.15, -0.1) is 0 Å². The van der Waals surface area contributed by atoms with Crippen molar-refractivity contribution in [3.8, 4) is 0 Å². The summed E-state index contributed by atoms with van der Waals surface area (Å²) in [4.78, 5) is 13.0. The van der Waals surface area contributed by atoms with E-state index in [1.807, 2.05) is 49.1 Å². The third kappa shape index (κ3) is 3.12. The number of carbonyl (C=O) groups is 1. The minimum atomic E-state index is -0.882. The molecule has 0 atom stereocenters. The molecule has 0 aliphatic carbocycles. The van der Waals surface area contributed by atoms with E-state index < -0.39 is 5.97 Å². The van der Waals surface area contributed by atoms with Gasteiger partial charge in [-0.1, -0.05) is 30.3 Å². The largest absolute Gasteiger partial charge is 0.477 e. The van der Waals surface area contributed by atoms with Crippen molar-refractivity contribution in [2.75, 3.05) is 13.1 Å². The fourth-order valence-electron chi connectivity index (χ4n) is 1.56. The van der Waals surface area contributed by atoms with Gasteiger partial charge in [0.15, 0.2) is 0 Å². The average Bonchev–Trinajstić information content (AvgIpc) is 2.30. The molecule has 1 aromatic rings. The van der Waals surface area contributed by atoms with Gasteiger partial charge in [-0.05, 0) is 25.5 Å². The number of hydrogen-bond donors (Lipinski definition) is 1. The smallest absolute Gasteiger partial charge is 0.352 e. The first-order chi connectivity index (χ1) is 7.69. The highest BCUT2D eigenvalue weighted by atomic mass is 16.4. The summed E-state index contributed by atoms with van der Waals surface area (Å²) in [6.07, 6.45) is 1.70. The summed E-state index contributed by atoms with van der Waals surface area (Å²) in [6.45, 7) is 5.29. The van der Waals surface area contributed by atoms with Crippen LogP contribution in [0.1, 0.15) is 19.4 Å². The average molecular weight is 219 g/mol. The van der Waals surface area contributed by atoms with Crippen LogP contribution >= 0.6 is 0 Å². The molecule has 0 unspecified atom stereocenters. The first-order valence-corrected chi connectivity index (χ1v) is 5.44. The fraction of sp³-hybridized carbons (Fsp3) is 0.308. The van der Waals surface area contributed by atoms with Crippen LogP contribution < -0.4 is 0 Å². The highest BCUT2D eigenvalue weighted by Gasteiger charge is 2.13. The van der Waals surface area contributed by atoms with E-state index in [1.54, 1.807) is 6.08 Å². The van der Waals surface area contributed by atoms with Crippen LogP contribution in [0.2, 0.25) is 0 Å². The standard InChI is InChI=1S/C13H17NO2/c1-3-14(4-2)12(13(15)16)10-11-8-6-5-7-9-11/h5-10H,3-4H2,1-2H3,(H,15,16). The van der Waals surface area contributed by atoms with Crippen LogP contribution in [-0.4, -0.2) is 29.1 Å². The molecule has 0 amide bonds. The second kappa shape index (κ2) is 5.95. The van der Waals surface area contributed by atoms with Crippen molar-refractivity contribution in [1.82, 2.24) is 4.90 Å². The molecule has 1 aromatic carbocycles. The molecule has 0 fully saturated rings.